The molecule has 52 heavy (non-hydrogen) atoms. The second-order valence-electron chi connectivity index (χ2n) is 12.1. The highest BCUT2D eigenvalue weighted by Gasteiger charge is 2.77. The van der Waals surface area contributed by atoms with E-state index in [0.29, 0.717) is 0 Å². The highest BCUT2D eigenvalue weighted by atomic mass is 32.2. The minimum atomic E-state index is -5.10. The number of nitrogens with zero attached hydrogens (tertiary/aromatic N) is 2. The summed E-state index contributed by atoms with van der Waals surface area (Å²) in [4.78, 5) is 72.6. The molecule has 1 spiro atoms. The molecule has 2 aliphatic rings. The first-order valence-corrected chi connectivity index (χ1v) is 18.6. The Kier molecular flexibility index (Phi) is 9.89. The number of β-lactam (4-membered cyclic amide) rings is 1. The van der Waals surface area contributed by atoms with Crippen LogP contribution in [-0.4, -0.2) is 94.5 Å². The molecule has 1 aliphatic carbocycles. The monoisotopic (exact) mass is 783 g/mol. The Balaban J connectivity index is 1.27. The second kappa shape index (κ2) is 13.6. The quantitative estimate of drug-likeness (QED) is 0.0377. The largest absolute Gasteiger partial charge is 0.503 e. The molecular weight excluding hydrogens is 753 g/mol. The number of hydrogen-bond donors (Lipinski definition) is 8. The number of benzene rings is 1. The molecule has 3 amide bonds. The number of carboxylic acids is 1. The minimum Gasteiger partial charge on any atom is -0.503 e. The SMILES string of the molecule is CC(C)(O/N=C(\C(=O)NC1CC12C(=O)N(S(=O)(=O)O)[C@@H]2CNC(=O)c1ccc(S(=O)(=O)NCc2cc(=O)c(O)c[nH]2)cc1)c1csc(N)[nH+]1)C(=O)O. The Hall–Kier alpha value is -5.43. The van der Waals surface area contributed by atoms with Gasteiger partial charge in [-0.1, -0.05) is 16.5 Å². The predicted molar refractivity (Wildman–Crippen MR) is 177 cm³/mol. The number of pyridine rings is 1. The molecule has 1 saturated heterocycles. The lowest BCUT2D eigenvalue weighted by Crippen LogP contribution is -2.69. The second-order valence-corrected chi connectivity index (χ2v) is 16.1. The van der Waals surface area contributed by atoms with Crippen molar-refractivity contribution in [3.63, 3.8) is 0 Å². The van der Waals surface area contributed by atoms with E-state index in [1.807, 2.05) is 0 Å². The zero-order valence-electron chi connectivity index (χ0n) is 26.9. The lowest BCUT2D eigenvalue weighted by molar-refractivity contribution is -0.356. The Morgan fingerprint density at radius 1 is 1.19 bits per heavy atom. The Morgan fingerprint density at radius 3 is 2.44 bits per heavy atom. The van der Waals surface area contributed by atoms with Gasteiger partial charge in [0.05, 0.1) is 22.9 Å². The van der Waals surface area contributed by atoms with Crippen molar-refractivity contribution in [2.45, 2.75) is 49.4 Å². The number of aromatic nitrogens is 2. The summed E-state index contributed by atoms with van der Waals surface area (Å²) in [5, 5.41) is 28.9. The average molecular weight is 784 g/mol. The van der Waals surface area contributed by atoms with Crippen LogP contribution in [0.25, 0.3) is 0 Å². The number of oxime groups is 1. The Bertz CT molecular complexity index is 2270. The summed E-state index contributed by atoms with van der Waals surface area (Å²) in [5.74, 6) is -4.73. The van der Waals surface area contributed by atoms with Crippen molar-refractivity contribution in [3.8, 4) is 5.75 Å². The van der Waals surface area contributed by atoms with Gasteiger partial charge < -0.3 is 30.7 Å². The zero-order chi connectivity index (χ0) is 38.4. The fraction of sp³-hybridized carbons (Fsp3) is 0.321. The first-order valence-electron chi connectivity index (χ1n) is 14.8. The van der Waals surface area contributed by atoms with Crippen molar-refractivity contribution in [1.29, 1.82) is 0 Å². The van der Waals surface area contributed by atoms with Crippen molar-refractivity contribution >= 4 is 66.2 Å². The number of hydrogen-bond acceptors (Lipinski definition) is 14. The number of aromatic amines is 2. The first-order chi connectivity index (χ1) is 24.2. The number of sulfonamides is 1. The third-order valence-electron chi connectivity index (χ3n) is 8.23. The maximum atomic E-state index is 13.3. The molecule has 0 bridgehead atoms. The Morgan fingerprint density at radius 2 is 1.87 bits per heavy atom. The molecule has 2 unspecified atom stereocenters. The van der Waals surface area contributed by atoms with Crippen molar-refractivity contribution in [2.24, 2.45) is 10.6 Å². The van der Waals surface area contributed by atoms with E-state index in [1.165, 1.54) is 19.2 Å². The molecule has 3 atom stereocenters. The van der Waals surface area contributed by atoms with Gasteiger partial charge >= 0.3 is 21.4 Å². The van der Waals surface area contributed by atoms with E-state index in [2.05, 4.69) is 30.5 Å². The number of aromatic hydroxyl groups is 1. The summed E-state index contributed by atoms with van der Waals surface area (Å²) in [6.07, 6.45) is 0.900. The van der Waals surface area contributed by atoms with Crippen molar-refractivity contribution in [3.05, 3.63) is 69.1 Å². The zero-order valence-corrected chi connectivity index (χ0v) is 29.4. The van der Waals surface area contributed by atoms with E-state index in [0.717, 1.165) is 47.9 Å². The standard InChI is InChI=1S/C28H30N8O13S3/c1-27(2,25(42)43)49-35-21(16-12-50-26(29)33-16)23(40)34-19-8-28(19)20(36(24(28)41)52(46,47)48)11-31-22(39)13-3-5-15(6-4-13)51(44,45)32-9-14-7-17(37)18(38)10-30-14/h3-7,10,12,19-20,32,38H,8-9,11H2,1-2H3,(H2,29,33)(H,30,37)(H,31,39)(H,34,40)(H,42,43)(H,46,47,48)/p+1/b35-21-/t19?,20-,28?/m1/s1. The maximum absolute atomic E-state index is 13.3. The highest BCUT2D eigenvalue weighted by molar-refractivity contribution is 7.89. The topological polar surface area (TPSA) is 331 Å². The van der Waals surface area contributed by atoms with Gasteiger partial charge in [0.15, 0.2) is 11.4 Å². The predicted octanol–water partition coefficient (Wildman–Crippen LogP) is -2.08. The maximum Gasteiger partial charge on any atom is 0.362 e. The molecule has 2 fully saturated rings. The van der Waals surface area contributed by atoms with Crippen LogP contribution in [0.15, 0.2) is 56.8 Å². The number of carbonyl (C=O) groups excluding carboxylic acids is 3. The van der Waals surface area contributed by atoms with E-state index in [1.54, 1.807) is 0 Å². The highest BCUT2D eigenvalue weighted by Crippen LogP contribution is 2.59. The number of nitrogen functional groups attached to an aromatic ring is 1. The normalized spacial score (nSPS) is 20.2. The molecule has 3 heterocycles. The summed E-state index contributed by atoms with van der Waals surface area (Å²) in [5.41, 5.74) is 1.31. The van der Waals surface area contributed by atoms with Gasteiger partial charge in [0.1, 0.15) is 0 Å². The number of rotatable bonds is 14. The number of aliphatic carboxylic acids is 1. The Labute approximate surface area is 297 Å². The number of carbonyl (C=O) groups is 4. The van der Waals surface area contributed by atoms with Crippen molar-refractivity contribution < 1.29 is 60.6 Å². The number of carboxylic acid groups (broad SMARTS) is 1. The van der Waals surface area contributed by atoms with Crippen LogP contribution in [0.2, 0.25) is 0 Å². The first kappa shape index (κ1) is 37.8. The van der Waals surface area contributed by atoms with Gasteiger partial charge in [-0.25, -0.2) is 27.2 Å². The molecule has 1 saturated carbocycles. The van der Waals surface area contributed by atoms with Gasteiger partial charge in [-0.3, -0.25) is 29.5 Å². The van der Waals surface area contributed by atoms with Gasteiger partial charge in [-0.2, -0.15) is 8.42 Å². The molecular formula is C28H31N8O13S3+. The molecule has 2 aromatic heterocycles. The van der Waals surface area contributed by atoms with Crippen LogP contribution < -0.4 is 31.5 Å². The lowest BCUT2D eigenvalue weighted by atomic mass is 9.85. The van der Waals surface area contributed by atoms with Gasteiger partial charge in [-0.05, 0) is 44.5 Å². The van der Waals surface area contributed by atoms with Crippen molar-refractivity contribution in [2.75, 3.05) is 12.3 Å². The molecule has 278 valence electrons. The van der Waals surface area contributed by atoms with Gasteiger partial charge in [0.2, 0.25) is 32.7 Å². The average Bonchev–Trinajstić information content (AvgIpc) is 3.66. The number of H-pyrrole nitrogens is 2. The summed E-state index contributed by atoms with van der Waals surface area (Å²) in [7, 11) is -9.23. The van der Waals surface area contributed by atoms with Crippen LogP contribution in [0.5, 0.6) is 5.75 Å². The molecule has 1 aliphatic heterocycles. The number of nitrogens with two attached hydrogens (primary N) is 1. The van der Waals surface area contributed by atoms with Crippen molar-refractivity contribution in [1.82, 2.24) is 24.6 Å². The van der Waals surface area contributed by atoms with E-state index in [9.17, 15) is 55.6 Å². The lowest BCUT2D eigenvalue weighted by Gasteiger charge is -2.45. The minimum absolute atomic E-state index is 0.0440. The van der Waals surface area contributed by atoms with Crippen LogP contribution in [0.3, 0.4) is 0 Å². The van der Waals surface area contributed by atoms with E-state index in [-0.39, 0.29) is 44.2 Å². The summed E-state index contributed by atoms with van der Waals surface area (Å²) in [6, 6.07) is 3.19. The fourth-order valence-electron chi connectivity index (χ4n) is 5.23. The smallest absolute Gasteiger partial charge is 0.362 e. The number of anilines is 1. The molecule has 10 N–H and O–H groups in total. The third-order valence-corrected chi connectivity index (χ3v) is 11.3. The van der Waals surface area contributed by atoms with Crippen LogP contribution in [0.4, 0.5) is 5.13 Å². The van der Waals surface area contributed by atoms with Crippen LogP contribution in [-0.2, 0) is 46.1 Å². The molecule has 0 radical (unpaired) electrons. The van der Waals surface area contributed by atoms with Crippen LogP contribution in [0.1, 0.15) is 42.0 Å². The van der Waals surface area contributed by atoms with Crippen LogP contribution >= 0.6 is 11.3 Å². The molecule has 5 rings (SSSR count). The number of nitrogens with one attached hydrogen (secondary N) is 5. The summed E-state index contributed by atoms with van der Waals surface area (Å²) >= 11 is 0.998. The number of amides is 3. The van der Waals surface area contributed by atoms with E-state index >= 15 is 0 Å². The third kappa shape index (κ3) is 7.45. The van der Waals surface area contributed by atoms with Gasteiger partial charge in [-0.15, -0.1) is 0 Å². The van der Waals surface area contributed by atoms with E-state index in [4.69, 9.17) is 10.6 Å². The summed E-state index contributed by atoms with van der Waals surface area (Å²) in [6.45, 7) is 1.53. The van der Waals surface area contributed by atoms with Gasteiger partial charge in [0, 0.05) is 41.5 Å². The van der Waals surface area contributed by atoms with Gasteiger partial charge in [0.25, 0.3) is 11.8 Å². The summed E-state index contributed by atoms with van der Waals surface area (Å²) < 4.78 is 61.9. The molecule has 21 nitrogen and oxygen atoms in total. The molecule has 3 aromatic rings. The number of thiazole rings is 1. The fourth-order valence-corrected chi connectivity index (χ4v) is 7.79. The molecule has 1 aromatic carbocycles. The van der Waals surface area contributed by atoms with E-state index < -0.39 is 90.6 Å². The molecule has 24 heteroatoms. The van der Waals surface area contributed by atoms with Crippen LogP contribution in [0, 0.1) is 5.41 Å².